The van der Waals surface area contributed by atoms with Crippen molar-refractivity contribution < 1.29 is 27.0 Å². The van der Waals surface area contributed by atoms with Gasteiger partial charge in [0.15, 0.2) is 0 Å². The molecule has 1 saturated carbocycles. The van der Waals surface area contributed by atoms with Gasteiger partial charge in [0.1, 0.15) is 11.5 Å². The van der Waals surface area contributed by atoms with E-state index in [0.29, 0.717) is 24.3 Å². The van der Waals surface area contributed by atoms with E-state index >= 15 is 0 Å². The summed E-state index contributed by atoms with van der Waals surface area (Å²) in [5.41, 5.74) is 7.88. The molecule has 0 heterocycles. The molecular formula is C40H47CoN2O2-. The number of hydrogen-bond donors (Lipinski definition) is 2. The molecule has 0 aromatic heterocycles. The fraction of sp³-hybridized carbons (Fsp3) is 0.325. The minimum Gasteiger partial charge on any atom is -0.507 e. The van der Waals surface area contributed by atoms with Crippen LogP contribution in [0.2, 0.25) is 0 Å². The molecule has 0 spiro atoms. The van der Waals surface area contributed by atoms with Crippen molar-refractivity contribution >= 4 is 12.4 Å². The molecule has 0 saturated heterocycles. The number of benzene rings is 4. The fourth-order valence-corrected chi connectivity index (χ4v) is 5.93. The Balaban J connectivity index is 0.00000276. The SMILES string of the molecule is Cc1cc(C=NC2CCCCC2N=Cc2cc(C(C)(C)C)cc(Cc3ccccc3)c2O)c(O)c(Cc2ccccc2)c1.[CH3-].[Co]. The van der Waals surface area contributed by atoms with Gasteiger partial charge in [-0.25, -0.2) is 0 Å². The van der Waals surface area contributed by atoms with Crippen LogP contribution in [-0.4, -0.2) is 34.7 Å². The third-order valence-electron chi connectivity index (χ3n) is 8.43. The average Bonchev–Trinajstić information content (AvgIpc) is 2.99. The number of hydrogen-bond acceptors (Lipinski definition) is 4. The first-order valence-corrected chi connectivity index (χ1v) is 15.5. The van der Waals surface area contributed by atoms with Crippen molar-refractivity contribution in [1.29, 1.82) is 0 Å². The molecule has 2 atom stereocenters. The van der Waals surface area contributed by atoms with Gasteiger partial charge in [-0.15, -0.1) is 0 Å². The van der Waals surface area contributed by atoms with Crippen molar-refractivity contribution in [2.45, 2.75) is 83.7 Å². The van der Waals surface area contributed by atoms with Crippen molar-refractivity contribution in [1.82, 2.24) is 0 Å². The summed E-state index contributed by atoms with van der Waals surface area (Å²) in [4.78, 5) is 10.0. The van der Waals surface area contributed by atoms with E-state index in [2.05, 4.69) is 70.2 Å². The number of aromatic hydroxyl groups is 2. The van der Waals surface area contributed by atoms with Crippen LogP contribution in [0.5, 0.6) is 11.5 Å². The molecule has 1 fully saturated rings. The minimum absolute atomic E-state index is 0. The van der Waals surface area contributed by atoms with E-state index in [4.69, 9.17) is 9.98 Å². The van der Waals surface area contributed by atoms with Crippen LogP contribution in [0.25, 0.3) is 0 Å². The molecule has 0 bridgehead atoms. The second kappa shape index (κ2) is 16.1. The summed E-state index contributed by atoms with van der Waals surface area (Å²) in [6.07, 6.45) is 9.17. The first-order valence-electron chi connectivity index (χ1n) is 15.5. The van der Waals surface area contributed by atoms with Gasteiger partial charge in [-0.2, -0.15) is 0 Å². The summed E-state index contributed by atoms with van der Waals surface area (Å²) in [7, 11) is 0. The Bertz CT molecular complexity index is 1590. The van der Waals surface area contributed by atoms with Crippen molar-refractivity contribution in [3.05, 3.63) is 137 Å². The summed E-state index contributed by atoms with van der Waals surface area (Å²) in [5.74, 6) is 0.594. The molecule has 1 aliphatic carbocycles. The molecule has 5 heteroatoms. The molecular weight excluding hydrogens is 599 g/mol. The van der Waals surface area contributed by atoms with Crippen LogP contribution in [0, 0.1) is 14.4 Å². The van der Waals surface area contributed by atoms with E-state index in [1.807, 2.05) is 54.9 Å². The van der Waals surface area contributed by atoms with Gasteiger partial charge in [0.05, 0.1) is 12.1 Å². The number of phenolic OH excluding ortho intramolecular Hbond substituents is 2. The van der Waals surface area contributed by atoms with Crippen LogP contribution >= 0.6 is 0 Å². The molecule has 45 heavy (non-hydrogen) atoms. The number of aryl methyl sites for hydroxylation is 1. The number of phenols is 2. The zero-order valence-corrected chi connectivity index (χ0v) is 28.3. The Morgan fingerprint density at radius 1 is 0.689 bits per heavy atom. The fourth-order valence-electron chi connectivity index (χ4n) is 5.93. The maximum Gasteiger partial charge on any atom is 0.127 e. The van der Waals surface area contributed by atoms with Crippen molar-refractivity contribution in [2.75, 3.05) is 0 Å². The van der Waals surface area contributed by atoms with E-state index < -0.39 is 0 Å². The second-order valence-electron chi connectivity index (χ2n) is 13.0. The summed E-state index contributed by atoms with van der Waals surface area (Å²) in [6.45, 7) is 8.66. The van der Waals surface area contributed by atoms with Gasteiger partial charge in [-0.1, -0.05) is 106 Å². The van der Waals surface area contributed by atoms with E-state index in [-0.39, 0.29) is 41.7 Å². The van der Waals surface area contributed by atoms with Gasteiger partial charge >= 0.3 is 0 Å². The predicted octanol–water partition coefficient (Wildman–Crippen LogP) is 9.18. The smallest absolute Gasteiger partial charge is 0.127 e. The Kier molecular flexibility index (Phi) is 12.8. The average molecular weight is 647 g/mol. The largest absolute Gasteiger partial charge is 0.507 e. The topological polar surface area (TPSA) is 65.2 Å². The molecule has 2 N–H and O–H groups in total. The Labute approximate surface area is 280 Å². The van der Waals surface area contributed by atoms with Crippen LogP contribution in [0.15, 0.2) is 94.9 Å². The molecule has 2 unspecified atom stereocenters. The molecule has 4 aromatic rings. The van der Waals surface area contributed by atoms with Gasteiger partial charge in [0, 0.05) is 53.2 Å². The zero-order valence-electron chi connectivity index (χ0n) is 27.3. The summed E-state index contributed by atoms with van der Waals surface area (Å²) in [5, 5.41) is 22.5. The minimum atomic E-state index is -0.0609. The molecule has 1 radical (unpaired) electrons. The molecule has 4 nitrogen and oxygen atoms in total. The van der Waals surface area contributed by atoms with Gasteiger partial charge in [0.25, 0.3) is 0 Å². The summed E-state index contributed by atoms with van der Waals surface area (Å²) >= 11 is 0. The maximum absolute atomic E-state index is 11.3. The first-order chi connectivity index (χ1) is 20.7. The van der Waals surface area contributed by atoms with Crippen LogP contribution in [-0.2, 0) is 35.0 Å². The van der Waals surface area contributed by atoms with E-state index in [9.17, 15) is 10.2 Å². The van der Waals surface area contributed by atoms with Gasteiger partial charge in [0.2, 0.25) is 0 Å². The van der Waals surface area contributed by atoms with Crippen LogP contribution in [0.4, 0.5) is 0 Å². The van der Waals surface area contributed by atoms with Gasteiger partial charge in [-0.05, 0) is 70.7 Å². The third-order valence-corrected chi connectivity index (χ3v) is 8.43. The molecule has 1 aliphatic rings. The first kappa shape index (κ1) is 35.8. The monoisotopic (exact) mass is 646 g/mol. The summed E-state index contributed by atoms with van der Waals surface area (Å²) in [6, 6.07) is 28.8. The molecule has 239 valence electrons. The maximum atomic E-state index is 11.3. The Morgan fingerprint density at radius 3 is 1.60 bits per heavy atom. The Morgan fingerprint density at radius 2 is 1.13 bits per heavy atom. The summed E-state index contributed by atoms with van der Waals surface area (Å²) < 4.78 is 0. The van der Waals surface area contributed by atoms with E-state index in [1.54, 1.807) is 0 Å². The zero-order chi connectivity index (χ0) is 30.4. The van der Waals surface area contributed by atoms with Gasteiger partial charge < -0.3 is 17.6 Å². The van der Waals surface area contributed by atoms with Crippen molar-refractivity contribution in [3.63, 3.8) is 0 Å². The molecule has 0 amide bonds. The number of aliphatic imine (C=N–C) groups is 2. The number of nitrogens with zero attached hydrogens (tertiary/aromatic N) is 2. The van der Waals surface area contributed by atoms with Gasteiger partial charge in [-0.3, -0.25) is 9.98 Å². The van der Waals surface area contributed by atoms with Crippen LogP contribution in [0.3, 0.4) is 0 Å². The van der Waals surface area contributed by atoms with E-state index in [1.165, 1.54) is 16.7 Å². The van der Waals surface area contributed by atoms with Crippen LogP contribution < -0.4 is 0 Å². The Hall–Kier alpha value is -3.67. The standard InChI is InChI=1S/C39H44N2O2.CH3.Co/c1-27-19-30(21-28-13-7-5-8-14-28)37(42)32(20-27)25-40-35-17-11-12-18-36(35)41-26-33-24-34(39(2,3)4)23-31(38(33)43)22-29-15-9-6-10-16-29;;/h5-10,13-16,19-20,23-26,35-36,42-43H,11-12,17-18,21-22H2,1-4H3;1H3;/q;-1;. The molecule has 4 aromatic carbocycles. The number of rotatable bonds is 8. The van der Waals surface area contributed by atoms with Crippen molar-refractivity contribution in [3.8, 4) is 11.5 Å². The molecule has 5 rings (SSSR count). The van der Waals surface area contributed by atoms with E-state index in [0.717, 1.165) is 53.5 Å². The normalized spacial score (nSPS) is 16.8. The quantitative estimate of drug-likeness (QED) is 0.148. The third kappa shape index (κ3) is 9.41. The second-order valence-corrected chi connectivity index (χ2v) is 13.0. The van der Waals surface area contributed by atoms with Crippen LogP contribution in [0.1, 0.15) is 91.0 Å². The van der Waals surface area contributed by atoms with Crippen molar-refractivity contribution in [2.24, 2.45) is 9.98 Å². The predicted molar refractivity (Wildman–Crippen MR) is 186 cm³/mol. The molecule has 0 aliphatic heterocycles.